The lowest BCUT2D eigenvalue weighted by Crippen LogP contribution is -2.38. The maximum absolute atomic E-state index is 12.6. The fourth-order valence-electron chi connectivity index (χ4n) is 3.68. The van der Waals surface area contributed by atoms with E-state index in [1.54, 1.807) is 6.26 Å². The third-order valence-corrected chi connectivity index (χ3v) is 6.34. The highest BCUT2D eigenvalue weighted by Gasteiger charge is 2.30. The van der Waals surface area contributed by atoms with Crippen molar-refractivity contribution in [2.24, 2.45) is 0 Å². The van der Waals surface area contributed by atoms with E-state index in [0.29, 0.717) is 17.6 Å². The van der Waals surface area contributed by atoms with E-state index in [1.165, 1.54) is 11.8 Å². The van der Waals surface area contributed by atoms with Crippen molar-refractivity contribution in [2.45, 2.75) is 43.8 Å². The van der Waals surface area contributed by atoms with Gasteiger partial charge in [0.1, 0.15) is 11.6 Å². The third-order valence-electron chi connectivity index (χ3n) is 5.51. The molecule has 4 rings (SSSR count). The van der Waals surface area contributed by atoms with Crippen LogP contribution in [0.25, 0.3) is 5.69 Å². The molecule has 0 bridgehead atoms. The molecular weight excluding hydrogens is 410 g/mol. The van der Waals surface area contributed by atoms with Gasteiger partial charge in [-0.05, 0) is 50.2 Å². The fraction of sp³-hybridized carbons (Fsp3) is 0.435. The van der Waals surface area contributed by atoms with Crippen LogP contribution in [0.5, 0.6) is 0 Å². The van der Waals surface area contributed by atoms with Gasteiger partial charge in [-0.15, -0.1) is 5.10 Å². The number of likely N-dealkylation sites (N-methyl/N-ethyl adjacent to an activating group) is 1. The predicted molar refractivity (Wildman–Crippen MR) is 121 cm³/mol. The minimum atomic E-state index is -0.0299. The molecule has 1 fully saturated rings. The second-order valence-corrected chi connectivity index (χ2v) is 8.56. The van der Waals surface area contributed by atoms with Gasteiger partial charge in [0.25, 0.3) is 0 Å². The Morgan fingerprint density at radius 2 is 2.00 bits per heavy atom. The lowest BCUT2D eigenvalue weighted by atomic mass is 10.2. The molecule has 0 spiro atoms. The van der Waals surface area contributed by atoms with Crippen LogP contribution in [0.2, 0.25) is 0 Å². The van der Waals surface area contributed by atoms with E-state index < -0.39 is 0 Å². The van der Waals surface area contributed by atoms with Crippen molar-refractivity contribution in [1.82, 2.24) is 25.0 Å². The molecule has 1 aliphatic carbocycles. The molecule has 2 heterocycles. The van der Waals surface area contributed by atoms with Crippen LogP contribution in [0.1, 0.15) is 50.2 Å². The number of aromatic nitrogens is 3. The summed E-state index contributed by atoms with van der Waals surface area (Å²) in [5, 5.41) is 8.37. The Bertz CT molecular complexity index is 965. The summed E-state index contributed by atoms with van der Waals surface area (Å²) >= 11 is 1.38. The highest BCUT2D eigenvalue weighted by Crippen LogP contribution is 2.40. The Kier molecular flexibility index (Phi) is 7.09. The topological polar surface area (TPSA) is 76.2 Å². The van der Waals surface area contributed by atoms with E-state index in [0.717, 1.165) is 43.2 Å². The molecule has 0 radical (unpaired) electrons. The molecule has 2 aromatic heterocycles. The van der Waals surface area contributed by atoms with Crippen LogP contribution in [-0.4, -0.2) is 51.0 Å². The number of thioether (sulfide) groups is 1. The summed E-state index contributed by atoms with van der Waals surface area (Å²) in [5.41, 5.74) is 1.01. The van der Waals surface area contributed by atoms with Crippen molar-refractivity contribution >= 4 is 17.7 Å². The number of carbonyl (C=O) groups excluding carboxylic acids is 1. The predicted octanol–water partition coefficient (Wildman–Crippen LogP) is 4.03. The number of nitrogens with one attached hydrogen (secondary N) is 1. The molecule has 1 aliphatic rings. The first-order valence-electron chi connectivity index (χ1n) is 10.9. The van der Waals surface area contributed by atoms with Gasteiger partial charge in [-0.25, -0.2) is 9.67 Å². The van der Waals surface area contributed by atoms with Gasteiger partial charge in [0.05, 0.1) is 23.7 Å². The number of para-hydroxylation sites is 1. The van der Waals surface area contributed by atoms with Gasteiger partial charge in [-0.2, -0.15) is 0 Å². The second kappa shape index (κ2) is 10.2. The Morgan fingerprint density at radius 1 is 1.23 bits per heavy atom. The van der Waals surface area contributed by atoms with Crippen LogP contribution in [0.15, 0.2) is 58.3 Å². The first-order valence-corrected chi connectivity index (χ1v) is 11.9. The van der Waals surface area contributed by atoms with Crippen LogP contribution in [0.4, 0.5) is 0 Å². The van der Waals surface area contributed by atoms with E-state index in [1.807, 2.05) is 47.1 Å². The van der Waals surface area contributed by atoms with Crippen molar-refractivity contribution in [2.75, 3.05) is 25.4 Å². The number of benzene rings is 1. The minimum Gasteiger partial charge on any atom is -0.468 e. The van der Waals surface area contributed by atoms with Crippen molar-refractivity contribution in [1.29, 1.82) is 0 Å². The molecule has 164 valence electrons. The molecule has 8 heteroatoms. The Morgan fingerprint density at radius 3 is 2.65 bits per heavy atom. The summed E-state index contributed by atoms with van der Waals surface area (Å²) in [7, 11) is 0. The number of amides is 1. The van der Waals surface area contributed by atoms with Gasteiger partial charge in [-0.1, -0.05) is 43.8 Å². The SMILES string of the molecule is CCN(CC)C(CNC(=O)CSc1nc(C2CC2)n(-c2ccccc2)n1)c1ccco1. The zero-order valence-electron chi connectivity index (χ0n) is 18.0. The lowest BCUT2D eigenvalue weighted by Gasteiger charge is -2.28. The average molecular weight is 440 g/mol. The third kappa shape index (κ3) is 5.37. The number of hydrogen-bond donors (Lipinski definition) is 1. The largest absolute Gasteiger partial charge is 0.468 e. The molecule has 0 saturated heterocycles. The lowest BCUT2D eigenvalue weighted by molar-refractivity contribution is -0.118. The van der Waals surface area contributed by atoms with Crippen LogP contribution >= 0.6 is 11.8 Å². The van der Waals surface area contributed by atoms with Gasteiger partial charge < -0.3 is 9.73 Å². The number of nitrogens with zero attached hydrogens (tertiary/aromatic N) is 4. The fourth-order valence-corrected chi connectivity index (χ4v) is 4.34. The zero-order chi connectivity index (χ0) is 21.6. The summed E-state index contributed by atoms with van der Waals surface area (Å²) in [6.45, 7) is 6.51. The number of hydrogen-bond acceptors (Lipinski definition) is 6. The van der Waals surface area contributed by atoms with E-state index in [2.05, 4.69) is 29.2 Å². The van der Waals surface area contributed by atoms with Gasteiger partial charge in [-0.3, -0.25) is 9.69 Å². The highest BCUT2D eigenvalue weighted by molar-refractivity contribution is 7.99. The van der Waals surface area contributed by atoms with E-state index in [9.17, 15) is 4.79 Å². The first kappa shape index (κ1) is 21.6. The molecule has 1 aromatic carbocycles. The van der Waals surface area contributed by atoms with Crippen molar-refractivity contribution in [3.05, 3.63) is 60.3 Å². The van der Waals surface area contributed by atoms with Gasteiger partial charge in [0, 0.05) is 12.5 Å². The molecule has 1 N–H and O–H groups in total. The molecule has 1 unspecified atom stereocenters. The maximum Gasteiger partial charge on any atom is 0.230 e. The van der Waals surface area contributed by atoms with E-state index in [-0.39, 0.29) is 17.7 Å². The number of rotatable bonds is 11. The van der Waals surface area contributed by atoms with Gasteiger partial charge in [0.2, 0.25) is 11.1 Å². The quantitative estimate of drug-likeness (QED) is 0.455. The molecule has 0 aliphatic heterocycles. The van der Waals surface area contributed by atoms with Gasteiger partial charge in [0.15, 0.2) is 0 Å². The summed E-state index contributed by atoms with van der Waals surface area (Å²) in [5.74, 6) is 2.59. The minimum absolute atomic E-state index is 0.0239. The van der Waals surface area contributed by atoms with Crippen LogP contribution in [0.3, 0.4) is 0 Å². The summed E-state index contributed by atoms with van der Waals surface area (Å²) in [4.78, 5) is 19.6. The van der Waals surface area contributed by atoms with Crippen LogP contribution < -0.4 is 5.32 Å². The van der Waals surface area contributed by atoms with Crippen LogP contribution in [0, 0.1) is 0 Å². The summed E-state index contributed by atoms with van der Waals surface area (Å²) in [6, 6.07) is 13.9. The molecule has 3 aromatic rings. The smallest absolute Gasteiger partial charge is 0.230 e. The highest BCUT2D eigenvalue weighted by atomic mass is 32.2. The summed E-state index contributed by atoms with van der Waals surface area (Å²) in [6.07, 6.45) is 3.97. The van der Waals surface area contributed by atoms with Crippen molar-refractivity contribution < 1.29 is 9.21 Å². The Labute approximate surface area is 187 Å². The maximum atomic E-state index is 12.6. The zero-order valence-corrected chi connectivity index (χ0v) is 18.8. The molecule has 1 saturated carbocycles. The van der Waals surface area contributed by atoms with Crippen molar-refractivity contribution in [3.63, 3.8) is 0 Å². The van der Waals surface area contributed by atoms with Crippen molar-refractivity contribution in [3.8, 4) is 5.69 Å². The van der Waals surface area contributed by atoms with Gasteiger partial charge >= 0.3 is 0 Å². The molecule has 31 heavy (non-hydrogen) atoms. The first-order chi connectivity index (χ1) is 15.2. The molecular formula is C23H29N5O2S. The monoisotopic (exact) mass is 439 g/mol. The number of carbonyl (C=O) groups is 1. The normalized spacial score (nSPS) is 14.7. The van der Waals surface area contributed by atoms with Crippen LogP contribution in [-0.2, 0) is 4.79 Å². The average Bonchev–Trinajstić information content (AvgIpc) is 3.33. The Hall–Kier alpha value is -2.58. The second-order valence-electron chi connectivity index (χ2n) is 7.62. The van der Waals surface area contributed by atoms with E-state index >= 15 is 0 Å². The molecule has 1 atom stereocenters. The standard InChI is InChI=1S/C23H29N5O2S/c1-3-27(4-2)19(20-11-8-14-30-20)15-24-21(29)16-31-23-25-22(17-12-13-17)28(26-23)18-9-6-5-7-10-18/h5-11,14,17,19H,3-4,12-13,15-16H2,1-2H3,(H,24,29). The molecule has 7 nitrogen and oxygen atoms in total. The Balaban J connectivity index is 1.36. The van der Waals surface area contributed by atoms with E-state index in [4.69, 9.17) is 9.40 Å². The molecule has 1 amide bonds. The number of furan rings is 1. The summed E-state index contributed by atoms with van der Waals surface area (Å²) < 4.78 is 7.53.